The van der Waals surface area contributed by atoms with Gasteiger partial charge in [0.15, 0.2) is 0 Å². The molecule has 0 N–H and O–H groups in total. The molecule has 0 radical (unpaired) electrons. The summed E-state index contributed by atoms with van der Waals surface area (Å²) in [6, 6.07) is 9.25. The highest BCUT2D eigenvalue weighted by atomic mass is 19.4. The monoisotopic (exact) mass is 465 g/mol. The molecule has 0 bridgehead atoms. The lowest BCUT2D eigenvalue weighted by Gasteiger charge is -2.21. The number of hydrogen-bond donors (Lipinski definition) is 0. The molecule has 178 valence electrons. The second-order valence-electron chi connectivity index (χ2n) is 8.08. The van der Waals surface area contributed by atoms with E-state index in [4.69, 9.17) is 14.2 Å². The third-order valence-electron chi connectivity index (χ3n) is 4.27. The van der Waals surface area contributed by atoms with Crippen LogP contribution in [0.4, 0.5) is 23.7 Å². The average molecular weight is 465 g/mol. The zero-order valence-electron chi connectivity index (χ0n) is 18.9. The number of rotatable bonds is 7. The number of ether oxygens (including phenoxy) is 3. The van der Waals surface area contributed by atoms with E-state index in [1.807, 2.05) is 0 Å². The largest absolute Gasteiger partial charge is 0.489 e. The molecule has 2 rings (SSSR count). The van der Waals surface area contributed by atoms with Crippen molar-refractivity contribution < 1.29 is 37.0 Å². The molecule has 0 aliphatic rings. The first-order chi connectivity index (χ1) is 15.3. The van der Waals surface area contributed by atoms with Gasteiger partial charge in [-0.2, -0.15) is 13.2 Å². The highest BCUT2D eigenvalue weighted by Crippen LogP contribution is 2.31. The van der Waals surface area contributed by atoms with Gasteiger partial charge in [0.05, 0.1) is 11.1 Å². The molecule has 0 aliphatic carbocycles. The lowest BCUT2D eigenvalue weighted by molar-refractivity contribution is -0.137. The van der Waals surface area contributed by atoms with Gasteiger partial charge in [-0.1, -0.05) is 18.7 Å². The van der Waals surface area contributed by atoms with Crippen LogP contribution in [-0.4, -0.2) is 31.3 Å². The zero-order valence-corrected chi connectivity index (χ0v) is 18.9. The van der Waals surface area contributed by atoms with Gasteiger partial charge in [-0.05, 0) is 57.2 Å². The van der Waals surface area contributed by atoms with E-state index in [2.05, 4.69) is 6.58 Å². The minimum atomic E-state index is -4.61. The summed E-state index contributed by atoms with van der Waals surface area (Å²) in [5.74, 6) is -0.483. The topological polar surface area (TPSA) is 65.1 Å². The molecule has 0 spiro atoms. The molecule has 6 nitrogen and oxygen atoms in total. The van der Waals surface area contributed by atoms with E-state index >= 15 is 0 Å². The van der Waals surface area contributed by atoms with Crippen LogP contribution in [0.25, 0.3) is 0 Å². The Kier molecular flexibility index (Phi) is 8.13. The van der Waals surface area contributed by atoms with E-state index < -0.39 is 29.4 Å². The number of halogens is 3. The molecule has 2 aromatic rings. The van der Waals surface area contributed by atoms with Crippen molar-refractivity contribution in [3.63, 3.8) is 0 Å². The van der Waals surface area contributed by atoms with Crippen molar-refractivity contribution in [1.29, 1.82) is 0 Å². The summed E-state index contributed by atoms with van der Waals surface area (Å²) in [6.45, 7) is 8.27. The summed E-state index contributed by atoms with van der Waals surface area (Å²) in [4.78, 5) is 25.7. The number of nitrogens with zero attached hydrogens (tertiary/aromatic N) is 1. The molecule has 1 amide bonds. The lowest BCUT2D eigenvalue weighted by atomic mass is 10.0. The summed E-state index contributed by atoms with van der Waals surface area (Å²) >= 11 is 0. The summed E-state index contributed by atoms with van der Waals surface area (Å²) in [6.07, 6.45) is -3.71. The Balaban J connectivity index is 2.19. The van der Waals surface area contributed by atoms with Gasteiger partial charge in [0, 0.05) is 18.3 Å². The van der Waals surface area contributed by atoms with Gasteiger partial charge in [-0.3, -0.25) is 4.90 Å². The van der Waals surface area contributed by atoms with Crippen LogP contribution in [0, 0.1) is 0 Å². The number of benzene rings is 2. The number of hydrogen-bond acceptors (Lipinski definition) is 5. The predicted octanol–water partition coefficient (Wildman–Crippen LogP) is 6.00. The van der Waals surface area contributed by atoms with E-state index in [0.717, 1.165) is 12.1 Å². The minimum absolute atomic E-state index is 0.0808. The standard InChI is InChI=1S/C24H26F3NO5/c1-6-13-31-22(30)28(5)18-9-11-19(12-10-18)32-15-16-7-8-17(24(25,26)27)14-20(16)21(29)33-23(2,3)4/h6-12,14H,1,13,15H2,2-5H3. The van der Waals surface area contributed by atoms with Gasteiger partial charge in [0.2, 0.25) is 0 Å². The molecule has 33 heavy (non-hydrogen) atoms. The number of amides is 1. The lowest BCUT2D eigenvalue weighted by Crippen LogP contribution is -2.27. The summed E-state index contributed by atoms with van der Waals surface area (Å²) in [5.41, 5.74) is -1.27. The summed E-state index contributed by atoms with van der Waals surface area (Å²) in [5, 5.41) is 0. The highest BCUT2D eigenvalue weighted by Gasteiger charge is 2.32. The van der Waals surface area contributed by atoms with Crippen molar-refractivity contribution in [3.05, 3.63) is 71.8 Å². The Labute approximate surface area is 190 Å². The van der Waals surface area contributed by atoms with Crippen LogP contribution in [0.3, 0.4) is 0 Å². The van der Waals surface area contributed by atoms with Crippen molar-refractivity contribution in [1.82, 2.24) is 0 Å². The predicted molar refractivity (Wildman–Crippen MR) is 117 cm³/mol. The zero-order chi connectivity index (χ0) is 24.8. The van der Waals surface area contributed by atoms with Crippen LogP contribution in [0.5, 0.6) is 5.75 Å². The maximum atomic E-state index is 13.2. The molecule has 9 heteroatoms. The number of anilines is 1. The third kappa shape index (κ3) is 7.55. The molecular weight excluding hydrogens is 439 g/mol. The Morgan fingerprint density at radius 2 is 1.70 bits per heavy atom. The fourth-order valence-corrected chi connectivity index (χ4v) is 2.66. The SMILES string of the molecule is C=CCOC(=O)N(C)c1ccc(OCc2ccc(C(F)(F)F)cc2C(=O)OC(C)(C)C)cc1. The quantitative estimate of drug-likeness (QED) is 0.371. The van der Waals surface area contributed by atoms with Crippen molar-refractivity contribution >= 4 is 17.7 Å². The molecule has 0 unspecified atom stereocenters. The van der Waals surface area contributed by atoms with Gasteiger partial charge < -0.3 is 14.2 Å². The van der Waals surface area contributed by atoms with Gasteiger partial charge in [0.25, 0.3) is 0 Å². The van der Waals surface area contributed by atoms with Crippen molar-refractivity contribution in [2.75, 3.05) is 18.6 Å². The second-order valence-corrected chi connectivity index (χ2v) is 8.08. The van der Waals surface area contributed by atoms with Crippen LogP contribution in [0.15, 0.2) is 55.1 Å². The first-order valence-corrected chi connectivity index (χ1v) is 9.99. The average Bonchev–Trinajstić information content (AvgIpc) is 2.73. The number of esters is 1. The van der Waals surface area contributed by atoms with E-state index in [1.165, 1.54) is 24.1 Å². The van der Waals surface area contributed by atoms with Gasteiger partial charge in [0.1, 0.15) is 24.6 Å². The van der Waals surface area contributed by atoms with Gasteiger partial charge in [-0.25, -0.2) is 9.59 Å². The third-order valence-corrected chi connectivity index (χ3v) is 4.27. The molecule has 0 fully saturated rings. The van der Waals surface area contributed by atoms with E-state index in [1.54, 1.807) is 45.0 Å². The van der Waals surface area contributed by atoms with Crippen molar-refractivity contribution in [3.8, 4) is 5.75 Å². The molecule has 0 aliphatic heterocycles. The Morgan fingerprint density at radius 3 is 2.24 bits per heavy atom. The second kappa shape index (κ2) is 10.4. The fraction of sp³-hybridized carbons (Fsp3) is 0.333. The van der Waals surface area contributed by atoms with Crippen LogP contribution in [0.1, 0.15) is 42.3 Å². The van der Waals surface area contributed by atoms with Crippen molar-refractivity contribution in [2.45, 2.75) is 39.2 Å². The number of carbonyl (C=O) groups is 2. The van der Waals surface area contributed by atoms with E-state index in [9.17, 15) is 22.8 Å². The first-order valence-electron chi connectivity index (χ1n) is 9.99. The Bertz CT molecular complexity index is 995. The van der Waals surface area contributed by atoms with Gasteiger partial charge >= 0.3 is 18.2 Å². The van der Waals surface area contributed by atoms with Crippen LogP contribution < -0.4 is 9.64 Å². The van der Waals surface area contributed by atoms with E-state index in [0.29, 0.717) is 11.4 Å². The number of carbonyl (C=O) groups excluding carboxylic acids is 2. The van der Waals surface area contributed by atoms with Crippen molar-refractivity contribution in [2.24, 2.45) is 0 Å². The highest BCUT2D eigenvalue weighted by molar-refractivity contribution is 5.91. The Morgan fingerprint density at radius 1 is 1.06 bits per heavy atom. The van der Waals surface area contributed by atoms with Crippen LogP contribution in [-0.2, 0) is 22.3 Å². The van der Waals surface area contributed by atoms with Crippen LogP contribution in [0.2, 0.25) is 0 Å². The molecule has 2 aromatic carbocycles. The molecule has 0 saturated carbocycles. The smallest absolute Gasteiger partial charge is 0.416 e. The summed E-state index contributed by atoms with van der Waals surface area (Å²) in [7, 11) is 1.54. The molecular formula is C24H26F3NO5. The number of alkyl halides is 3. The fourth-order valence-electron chi connectivity index (χ4n) is 2.66. The normalized spacial score (nSPS) is 11.5. The summed E-state index contributed by atoms with van der Waals surface area (Å²) < 4.78 is 55.3. The van der Waals surface area contributed by atoms with Crippen LogP contribution >= 0.6 is 0 Å². The molecule has 0 atom stereocenters. The van der Waals surface area contributed by atoms with Gasteiger partial charge in [-0.15, -0.1) is 0 Å². The first kappa shape index (κ1) is 25.8. The molecule has 0 aromatic heterocycles. The molecule has 0 saturated heterocycles. The minimum Gasteiger partial charge on any atom is -0.489 e. The Hall–Kier alpha value is -3.49. The van der Waals surface area contributed by atoms with E-state index in [-0.39, 0.29) is 24.3 Å². The maximum absolute atomic E-state index is 13.2. The molecule has 0 heterocycles. The maximum Gasteiger partial charge on any atom is 0.416 e.